The molecule has 0 aliphatic rings. The molecule has 0 spiro atoms. The Labute approximate surface area is 53.1 Å². The third kappa shape index (κ3) is 3.91. The van der Waals surface area contributed by atoms with Gasteiger partial charge in [0.15, 0.2) is 0 Å². The number of carboxylic acid groups (broad SMARTS) is 1. The summed E-state index contributed by atoms with van der Waals surface area (Å²) >= 11 is 3.65. The van der Waals surface area contributed by atoms with Gasteiger partial charge in [-0.25, -0.2) is 0 Å². The van der Waals surface area contributed by atoms with E-state index in [1.165, 1.54) is 0 Å². The van der Waals surface area contributed by atoms with Crippen LogP contribution in [0.5, 0.6) is 0 Å². The van der Waals surface area contributed by atoms with Gasteiger partial charge in [0.25, 0.3) is 0 Å². The van der Waals surface area contributed by atoms with Crippen LogP contribution in [-0.4, -0.2) is 22.9 Å². The molecule has 0 aromatic heterocycles. The van der Waals surface area contributed by atoms with Crippen molar-refractivity contribution in [1.29, 1.82) is 0 Å². The van der Waals surface area contributed by atoms with E-state index in [2.05, 4.69) is 12.6 Å². The highest BCUT2D eigenvalue weighted by Crippen LogP contribution is 1.80. The van der Waals surface area contributed by atoms with Crippen LogP contribution in [0.3, 0.4) is 0 Å². The largest absolute Gasteiger partial charge is 0.480 e. The Morgan fingerprint density at radius 1 is 1.88 bits per heavy atom. The SMILES string of the molecule is N.NC(CS)C(=O)O. The Hall–Kier alpha value is -0.260. The molecule has 0 aliphatic heterocycles. The van der Waals surface area contributed by atoms with Gasteiger partial charge in [-0.05, 0) is 0 Å². The molecule has 0 saturated carbocycles. The third-order valence-electron chi connectivity index (χ3n) is 0.514. The van der Waals surface area contributed by atoms with Crippen molar-refractivity contribution in [2.45, 2.75) is 6.04 Å². The number of hydrogen-bond acceptors (Lipinski definition) is 4. The van der Waals surface area contributed by atoms with Gasteiger partial charge in [-0.2, -0.15) is 12.6 Å². The van der Waals surface area contributed by atoms with Crippen LogP contribution in [0.15, 0.2) is 0 Å². The minimum atomic E-state index is -1.00. The van der Waals surface area contributed by atoms with Crippen molar-refractivity contribution in [1.82, 2.24) is 6.15 Å². The fraction of sp³-hybridized carbons (Fsp3) is 0.667. The van der Waals surface area contributed by atoms with E-state index in [-0.39, 0.29) is 11.9 Å². The second-order valence-electron chi connectivity index (χ2n) is 1.13. The minimum absolute atomic E-state index is 0. The first-order valence-corrected chi connectivity index (χ1v) is 2.41. The topological polar surface area (TPSA) is 98.3 Å². The average Bonchev–Trinajstić information content (AvgIpc) is 1.65. The van der Waals surface area contributed by atoms with Gasteiger partial charge in [0.2, 0.25) is 0 Å². The standard InChI is InChI=1S/C3H7NO2S.H3N/c4-2(1-7)3(5)6;/h2,7H,1,4H2,(H,5,6);1H3. The highest BCUT2D eigenvalue weighted by atomic mass is 32.1. The molecule has 0 aliphatic carbocycles. The van der Waals surface area contributed by atoms with Crippen LogP contribution in [0.25, 0.3) is 0 Å². The lowest BCUT2D eigenvalue weighted by Crippen LogP contribution is -2.31. The zero-order valence-corrected chi connectivity index (χ0v) is 5.27. The van der Waals surface area contributed by atoms with Gasteiger partial charge in [-0.1, -0.05) is 0 Å². The molecule has 6 N–H and O–H groups in total. The lowest BCUT2D eigenvalue weighted by Gasteiger charge is -1.96. The van der Waals surface area contributed by atoms with Crippen LogP contribution < -0.4 is 11.9 Å². The van der Waals surface area contributed by atoms with Crippen LogP contribution in [-0.2, 0) is 4.79 Å². The second kappa shape index (κ2) is 4.89. The van der Waals surface area contributed by atoms with Gasteiger partial charge in [0.1, 0.15) is 6.04 Å². The predicted molar refractivity (Wildman–Crippen MR) is 34.5 cm³/mol. The van der Waals surface area contributed by atoms with Crippen molar-refractivity contribution >= 4 is 18.6 Å². The molecule has 0 amide bonds. The molecule has 0 fully saturated rings. The summed E-state index contributed by atoms with van der Waals surface area (Å²) in [5.41, 5.74) is 4.94. The van der Waals surface area contributed by atoms with Crippen LogP contribution in [0.4, 0.5) is 0 Å². The monoisotopic (exact) mass is 138 g/mol. The average molecular weight is 138 g/mol. The molecule has 0 rings (SSSR count). The molecular weight excluding hydrogens is 128 g/mol. The normalized spacial score (nSPS) is 11.8. The third-order valence-corrected chi connectivity index (χ3v) is 0.907. The molecular formula is C3H10N2O2S. The summed E-state index contributed by atoms with van der Waals surface area (Å²) in [7, 11) is 0. The summed E-state index contributed by atoms with van der Waals surface area (Å²) < 4.78 is 0. The summed E-state index contributed by atoms with van der Waals surface area (Å²) in [6.45, 7) is 0. The van der Waals surface area contributed by atoms with Crippen molar-refractivity contribution < 1.29 is 9.90 Å². The molecule has 0 radical (unpaired) electrons. The van der Waals surface area contributed by atoms with Crippen molar-refractivity contribution in [3.8, 4) is 0 Å². The molecule has 0 aromatic rings. The first-order chi connectivity index (χ1) is 3.18. The predicted octanol–water partition coefficient (Wildman–Crippen LogP) is -0.510. The van der Waals surface area contributed by atoms with E-state index >= 15 is 0 Å². The first kappa shape index (κ1) is 10.7. The molecule has 0 heterocycles. The molecule has 1 unspecified atom stereocenters. The summed E-state index contributed by atoms with van der Waals surface area (Å²) in [5, 5.41) is 8.01. The van der Waals surface area contributed by atoms with E-state index < -0.39 is 12.0 Å². The van der Waals surface area contributed by atoms with E-state index in [1.54, 1.807) is 0 Å². The first-order valence-electron chi connectivity index (χ1n) is 1.77. The summed E-state index contributed by atoms with van der Waals surface area (Å²) in [4.78, 5) is 9.76. The molecule has 0 saturated heterocycles. The number of rotatable bonds is 2. The van der Waals surface area contributed by atoms with Crippen molar-refractivity contribution in [2.75, 3.05) is 5.75 Å². The Bertz CT molecular complexity index is 77.7. The number of thiol groups is 1. The molecule has 0 bridgehead atoms. The number of carbonyl (C=O) groups is 1. The maximum atomic E-state index is 9.76. The van der Waals surface area contributed by atoms with Crippen LogP contribution >= 0.6 is 12.6 Å². The van der Waals surface area contributed by atoms with Gasteiger partial charge in [-0.3, -0.25) is 4.79 Å². The summed E-state index contributed by atoms with van der Waals surface area (Å²) in [6, 6.07) is -0.816. The summed E-state index contributed by atoms with van der Waals surface area (Å²) in [6.07, 6.45) is 0. The van der Waals surface area contributed by atoms with Crippen molar-refractivity contribution in [3.63, 3.8) is 0 Å². The highest BCUT2D eigenvalue weighted by Gasteiger charge is 2.06. The Morgan fingerprint density at radius 2 is 2.25 bits per heavy atom. The number of aliphatic carboxylic acids is 1. The van der Waals surface area contributed by atoms with E-state index in [0.717, 1.165) is 0 Å². The van der Waals surface area contributed by atoms with E-state index in [9.17, 15) is 4.79 Å². The van der Waals surface area contributed by atoms with Gasteiger partial charge >= 0.3 is 5.97 Å². The molecule has 8 heavy (non-hydrogen) atoms. The number of carboxylic acids is 1. The van der Waals surface area contributed by atoms with Gasteiger partial charge in [0, 0.05) is 5.75 Å². The number of hydrogen-bond donors (Lipinski definition) is 4. The maximum Gasteiger partial charge on any atom is 0.321 e. The van der Waals surface area contributed by atoms with Crippen LogP contribution in [0.1, 0.15) is 0 Å². The van der Waals surface area contributed by atoms with Gasteiger partial charge in [-0.15, -0.1) is 0 Å². The quantitative estimate of drug-likeness (QED) is 0.386. The lowest BCUT2D eigenvalue weighted by molar-refractivity contribution is -0.137. The van der Waals surface area contributed by atoms with Crippen molar-refractivity contribution in [2.24, 2.45) is 5.73 Å². The van der Waals surface area contributed by atoms with E-state index in [1.807, 2.05) is 0 Å². The Morgan fingerprint density at radius 3 is 2.25 bits per heavy atom. The smallest absolute Gasteiger partial charge is 0.321 e. The minimum Gasteiger partial charge on any atom is -0.480 e. The summed E-state index contributed by atoms with van der Waals surface area (Å²) in [5.74, 6) is -0.815. The molecule has 0 aromatic carbocycles. The molecule has 1 atom stereocenters. The Kier molecular flexibility index (Phi) is 6.52. The highest BCUT2D eigenvalue weighted by molar-refractivity contribution is 7.80. The van der Waals surface area contributed by atoms with Crippen molar-refractivity contribution in [3.05, 3.63) is 0 Å². The van der Waals surface area contributed by atoms with Crippen LogP contribution in [0, 0.1) is 0 Å². The molecule has 5 heteroatoms. The van der Waals surface area contributed by atoms with E-state index in [4.69, 9.17) is 10.8 Å². The maximum absolute atomic E-state index is 9.76. The van der Waals surface area contributed by atoms with Crippen LogP contribution in [0.2, 0.25) is 0 Å². The number of nitrogens with two attached hydrogens (primary N) is 1. The zero-order valence-electron chi connectivity index (χ0n) is 4.37. The Balaban J connectivity index is 0. The van der Waals surface area contributed by atoms with Gasteiger partial charge in [0.05, 0.1) is 0 Å². The zero-order chi connectivity index (χ0) is 5.86. The van der Waals surface area contributed by atoms with Gasteiger partial charge < -0.3 is 17.0 Å². The molecule has 4 nitrogen and oxygen atoms in total. The fourth-order valence-electron chi connectivity index (χ4n) is 0.0781. The lowest BCUT2D eigenvalue weighted by atomic mass is 10.4. The fourth-order valence-corrected chi connectivity index (χ4v) is 0.234. The molecule has 50 valence electrons. The second-order valence-corrected chi connectivity index (χ2v) is 1.49. The van der Waals surface area contributed by atoms with E-state index in [0.29, 0.717) is 0 Å².